The molecule has 2 amide bonds. The van der Waals surface area contributed by atoms with Crippen LogP contribution in [0.3, 0.4) is 0 Å². The Balaban J connectivity index is 1.31. The van der Waals surface area contributed by atoms with Gasteiger partial charge in [0.1, 0.15) is 11.5 Å². The third-order valence-corrected chi connectivity index (χ3v) is 8.37. The molecule has 3 heterocycles. The first-order valence-corrected chi connectivity index (χ1v) is 14.2. The predicted octanol–water partition coefficient (Wildman–Crippen LogP) is 5.19. The van der Waals surface area contributed by atoms with Crippen LogP contribution in [0.5, 0.6) is 11.5 Å². The molecule has 2 aromatic carbocycles. The summed E-state index contributed by atoms with van der Waals surface area (Å²) in [5.74, 6) is 1.36. The molecule has 0 bridgehead atoms. The van der Waals surface area contributed by atoms with Gasteiger partial charge in [0.15, 0.2) is 0 Å². The summed E-state index contributed by atoms with van der Waals surface area (Å²) in [6.07, 6.45) is 6.78. The SMILES string of the molecule is CCOc1ccccc1C(=O)N1CCC2(CCCCOC[C@@H]3CCCN3C(=O)c3ccccc3OC2)CC1. The van der Waals surface area contributed by atoms with Crippen LogP contribution in [-0.2, 0) is 4.74 Å². The topological polar surface area (TPSA) is 68.3 Å². The summed E-state index contributed by atoms with van der Waals surface area (Å²) >= 11 is 0. The highest BCUT2D eigenvalue weighted by Gasteiger charge is 2.38. The average Bonchev–Trinajstić information content (AvgIpc) is 3.42. The maximum Gasteiger partial charge on any atom is 0.257 e. The van der Waals surface area contributed by atoms with Crippen LogP contribution in [0.25, 0.3) is 0 Å². The van der Waals surface area contributed by atoms with E-state index in [1.54, 1.807) is 0 Å². The summed E-state index contributed by atoms with van der Waals surface area (Å²) in [5, 5.41) is 0. The maximum absolute atomic E-state index is 13.5. The van der Waals surface area contributed by atoms with E-state index in [0.717, 1.165) is 51.5 Å². The fourth-order valence-corrected chi connectivity index (χ4v) is 6.10. The number of para-hydroxylation sites is 2. The van der Waals surface area contributed by atoms with Gasteiger partial charge in [0.05, 0.1) is 37.0 Å². The van der Waals surface area contributed by atoms with Gasteiger partial charge in [-0.3, -0.25) is 9.59 Å². The Morgan fingerprint density at radius 1 is 1.00 bits per heavy atom. The lowest BCUT2D eigenvalue weighted by Gasteiger charge is -2.42. The van der Waals surface area contributed by atoms with Gasteiger partial charge < -0.3 is 24.0 Å². The predicted molar refractivity (Wildman–Crippen MR) is 146 cm³/mol. The molecule has 38 heavy (non-hydrogen) atoms. The number of hydrogen-bond donors (Lipinski definition) is 0. The van der Waals surface area contributed by atoms with Gasteiger partial charge in [-0.15, -0.1) is 0 Å². The minimum Gasteiger partial charge on any atom is -0.493 e. The van der Waals surface area contributed by atoms with Gasteiger partial charge in [-0.25, -0.2) is 0 Å². The molecule has 0 aliphatic carbocycles. The van der Waals surface area contributed by atoms with Crippen molar-refractivity contribution in [3.05, 3.63) is 59.7 Å². The van der Waals surface area contributed by atoms with Crippen LogP contribution < -0.4 is 9.47 Å². The zero-order chi connectivity index (χ0) is 26.4. The number of ether oxygens (including phenoxy) is 3. The molecule has 2 fully saturated rings. The van der Waals surface area contributed by atoms with Crippen molar-refractivity contribution in [1.82, 2.24) is 9.80 Å². The highest BCUT2D eigenvalue weighted by atomic mass is 16.5. The minimum atomic E-state index is -0.0489. The first kappa shape index (κ1) is 26.5. The summed E-state index contributed by atoms with van der Waals surface area (Å²) in [6, 6.07) is 15.3. The molecule has 7 heteroatoms. The Hall–Kier alpha value is -3.06. The molecule has 2 saturated heterocycles. The van der Waals surface area contributed by atoms with Crippen LogP contribution in [0.15, 0.2) is 48.5 Å². The number of likely N-dealkylation sites (tertiary alicyclic amines) is 1. The first-order valence-electron chi connectivity index (χ1n) is 14.2. The number of piperidine rings is 1. The molecule has 3 aliphatic rings. The lowest BCUT2D eigenvalue weighted by atomic mass is 9.75. The van der Waals surface area contributed by atoms with Crippen LogP contribution in [0.1, 0.15) is 72.6 Å². The van der Waals surface area contributed by atoms with Crippen molar-refractivity contribution in [3.8, 4) is 11.5 Å². The number of benzene rings is 2. The molecule has 0 N–H and O–H groups in total. The zero-order valence-electron chi connectivity index (χ0n) is 22.5. The second kappa shape index (κ2) is 12.2. The molecular formula is C31H40N2O5. The summed E-state index contributed by atoms with van der Waals surface area (Å²) in [5.41, 5.74) is 1.20. The van der Waals surface area contributed by atoms with Crippen molar-refractivity contribution < 1.29 is 23.8 Å². The Labute approximate surface area is 226 Å². The van der Waals surface area contributed by atoms with Gasteiger partial charge in [-0.1, -0.05) is 30.7 Å². The average molecular weight is 521 g/mol. The number of rotatable bonds is 3. The van der Waals surface area contributed by atoms with Gasteiger partial charge in [-0.05, 0) is 69.7 Å². The Bertz CT molecular complexity index is 1110. The fourth-order valence-electron chi connectivity index (χ4n) is 6.10. The van der Waals surface area contributed by atoms with Crippen LogP contribution in [0, 0.1) is 5.41 Å². The Kier molecular flexibility index (Phi) is 8.52. The highest BCUT2D eigenvalue weighted by molar-refractivity contribution is 5.97. The molecule has 3 aliphatic heterocycles. The lowest BCUT2D eigenvalue weighted by Crippen LogP contribution is -2.45. The summed E-state index contributed by atoms with van der Waals surface area (Å²) in [7, 11) is 0. The van der Waals surface area contributed by atoms with Crippen LogP contribution >= 0.6 is 0 Å². The van der Waals surface area contributed by atoms with Crippen molar-refractivity contribution in [2.75, 3.05) is 46.1 Å². The van der Waals surface area contributed by atoms with E-state index in [0.29, 0.717) is 62.1 Å². The van der Waals surface area contributed by atoms with Crippen LogP contribution in [0.2, 0.25) is 0 Å². The van der Waals surface area contributed by atoms with Crippen molar-refractivity contribution in [1.29, 1.82) is 0 Å². The van der Waals surface area contributed by atoms with Crippen LogP contribution in [-0.4, -0.2) is 73.7 Å². The monoisotopic (exact) mass is 520 g/mol. The first-order chi connectivity index (χ1) is 18.6. The number of fused-ring (bicyclic) bond motifs is 2. The van der Waals surface area contributed by atoms with Crippen molar-refractivity contribution >= 4 is 11.8 Å². The molecule has 0 aromatic heterocycles. The normalized spacial score (nSPS) is 22.2. The van der Waals surface area contributed by atoms with Gasteiger partial charge >= 0.3 is 0 Å². The molecule has 1 atom stereocenters. The number of nitrogens with zero attached hydrogens (tertiary/aromatic N) is 2. The van der Waals surface area contributed by atoms with E-state index >= 15 is 0 Å². The third kappa shape index (κ3) is 5.83. The summed E-state index contributed by atoms with van der Waals surface area (Å²) in [6.45, 7) is 6.42. The maximum atomic E-state index is 13.5. The molecule has 204 valence electrons. The van der Waals surface area contributed by atoms with Gasteiger partial charge in [0.2, 0.25) is 0 Å². The summed E-state index contributed by atoms with van der Waals surface area (Å²) in [4.78, 5) is 30.8. The molecule has 7 nitrogen and oxygen atoms in total. The number of hydrogen-bond acceptors (Lipinski definition) is 5. The van der Waals surface area contributed by atoms with E-state index in [4.69, 9.17) is 14.2 Å². The number of carbonyl (C=O) groups is 2. The largest absolute Gasteiger partial charge is 0.493 e. The minimum absolute atomic E-state index is 0.0234. The lowest BCUT2D eigenvalue weighted by molar-refractivity contribution is 0.0301. The molecule has 1 spiro atoms. The second-order valence-corrected chi connectivity index (χ2v) is 10.8. The van der Waals surface area contributed by atoms with E-state index in [1.807, 2.05) is 65.3 Å². The molecule has 0 saturated carbocycles. The second-order valence-electron chi connectivity index (χ2n) is 10.8. The quantitative estimate of drug-likeness (QED) is 0.557. The Morgan fingerprint density at radius 3 is 2.63 bits per heavy atom. The van der Waals surface area contributed by atoms with E-state index in [-0.39, 0.29) is 23.3 Å². The Morgan fingerprint density at radius 2 is 1.79 bits per heavy atom. The standard InChI is InChI=1S/C31H40N2O5/c1-2-37-27-13-5-3-11-25(27)29(34)32-19-16-31(17-20-32)15-7-8-21-36-22-24-10-9-18-33(24)30(35)26-12-4-6-14-28(26)38-23-31/h3-6,11-14,24H,2,7-10,15-23H2,1H3/t24-/m0/s1. The van der Waals surface area contributed by atoms with E-state index in [9.17, 15) is 9.59 Å². The summed E-state index contributed by atoms with van der Waals surface area (Å²) < 4.78 is 18.2. The third-order valence-electron chi connectivity index (χ3n) is 8.37. The number of carbonyl (C=O) groups excluding carboxylic acids is 2. The van der Waals surface area contributed by atoms with Crippen LogP contribution in [0.4, 0.5) is 0 Å². The molecular weight excluding hydrogens is 480 g/mol. The van der Waals surface area contributed by atoms with Crippen molar-refractivity contribution in [2.45, 2.75) is 57.9 Å². The van der Waals surface area contributed by atoms with Gasteiger partial charge in [-0.2, -0.15) is 0 Å². The van der Waals surface area contributed by atoms with Gasteiger partial charge in [0.25, 0.3) is 11.8 Å². The number of amides is 2. The zero-order valence-corrected chi connectivity index (χ0v) is 22.5. The fraction of sp³-hybridized carbons (Fsp3) is 0.548. The van der Waals surface area contributed by atoms with Crippen molar-refractivity contribution in [3.63, 3.8) is 0 Å². The molecule has 5 rings (SSSR count). The van der Waals surface area contributed by atoms with Crippen molar-refractivity contribution in [2.24, 2.45) is 5.41 Å². The van der Waals surface area contributed by atoms with E-state index in [2.05, 4.69) is 0 Å². The smallest absolute Gasteiger partial charge is 0.257 e. The highest BCUT2D eigenvalue weighted by Crippen LogP contribution is 2.39. The molecule has 0 radical (unpaired) electrons. The molecule has 2 aromatic rings. The van der Waals surface area contributed by atoms with E-state index in [1.165, 1.54) is 0 Å². The van der Waals surface area contributed by atoms with Gasteiger partial charge in [0, 0.05) is 31.7 Å². The van der Waals surface area contributed by atoms with E-state index < -0.39 is 0 Å². The molecule has 0 unspecified atom stereocenters.